The summed E-state index contributed by atoms with van der Waals surface area (Å²) in [6.07, 6.45) is 0. The molecule has 2 rings (SSSR count). The highest BCUT2D eigenvalue weighted by Crippen LogP contribution is 2.04. The lowest BCUT2D eigenvalue weighted by Gasteiger charge is -2.04. The molecule has 1 aromatic carbocycles. The topological polar surface area (TPSA) is 47.8 Å². The highest BCUT2D eigenvalue weighted by atomic mass is 35.5. The third-order valence-electron chi connectivity index (χ3n) is 2.19. The predicted molar refractivity (Wildman–Crippen MR) is 63.7 cm³/mol. The van der Waals surface area contributed by atoms with E-state index >= 15 is 0 Å². The zero-order valence-corrected chi connectivity index (χ0v) is 9.31. The van der Waals surface area contributed by atoms with Crippen molar-refractivity contribution >= 4 is 22.5 Å². The third kappa shape index (κ3) is 1.97. The SMILES string of the molecule is C=C(CCl)Cn1nnc2ccccc2c1=O. The molecule has 5 heteroatoms. The Balaban J connectivity index is 2.53. The molecule has 0 spiro atoms. The van der Waals surface area contributed by atoms with E-state index in [-0.39, 0.29) is 5.56 Å². The Kier molecular flexibility index (Phi) is 3.01. The van der Waals surface area contributed by atoms with Gasteiger partial charge in [-0.25, -0.2) is 4.68 Å². The van der Waals surface area contributed by atoms with Gasteiger partial charge < -0.3 is 0 Å². The molecule has 0 bridgehead atoms. The van der Waals surface area contributed by atoms with Crippen molar-refractivity contribution in [3.8, 4) is 0 Å². The second-order valence-corrected chi connectivity index (χ2v) is 3.72. The molecule has 0 atom stereocenters. The van der Waals surface area contributed by atoms with E-state index in [0.29, 0.717) is 23.3 Å². The molecule has 1 aromatic heterocycles. The molecular weight excluding hydrogens is 226 g/mol. The minimum Gasteiger partial charge on any atom is -0.267 e. The van der Waals surface area contributed by atoms with Crippen LogP contribution in [0.25, 0.3) is 10.9 Å². The molecule has 16 heavy (non-hydrogen) atoms. The van der Waals surface area contributed by atoms with Gasteiger partial charge in [-0.15, -0.1) is 16.7 Å². The molecule has 0 aliphatic rings. The zero-order valence-electron chi connectivity index (χ0n) is 8.56. The summed E-state index contributed by atoms with van der Waals surface area (Å²) in [6, 6.07) is 7.10. The fourth-order valence-corrected chi connectivity index (χ4v) is 1.47. The lowest BCUT2D eigenvalue weighted by atomic mass is 10.2. The summed E-state index contributed by atoms with van der Waals surface area (Å²) in [5.41, 5.74) is 1.16. The number of alkyl halides is 1. The fraction of sp³-hybridized carbons (Fsp3) is 0.182. The molecule has 82 valence electrons. The number of nitrogens with zero attached hydrogens (tertiary/aromatic N) is 3. The number of benzene rings is 1. The number of aromatic nitrogens is 3. The predicted octanol–water partition coefficient (Wildman–Crippen LogP) is 1.59. The van der Waals surface area contributed by atoms with E-state index in [1.54, 1.807) is 18.2 Å². The Bertz CT molecular complexity index is 591. The molecular formula is C11H10ClN3O. The Labute approximate surface area is 97.2 Å². The number of allylic oxidation sites excluding steroid dienone is 1. The summed E-state index contributed by atoms with van der Waals surface area (Å²) in [5.74, 6) is 0.306. The molecule has 0 saturated carbocycles. The van der Waals surface area contributed by atoms with Gasteiger partial charge in [0, 0.05) is 5.88 Å². The standard InChI is InChI=1S/C11H10ClN3O/c1-8(6-12)7-15-11(16)9-4-2-3-5-10(9)13-14-15/h2-5H,1,6-7H2. The average molecular weight is 236 g/mol. The van der Waals surface area contributed by atoms with E-state index < -0.39 is 0 Å². The first kappa shape index (κ1) is 10.8. The van der Waals surface area contributed by atoms with Crippen molar-refractivity contribution in [2.75, 3.05) is 5.88 Å². The first-order valence-corrected chi connectivity index (χ1v) is 5.31. The van der Waals surface area contributed by atoms with Crippen LogP contribution in [0.4, 0.5) is 0 Å². The van der Waals surface area contributed by atoms with Crippen LogP contribution in [0.3, 0.4) is 0 Å². The van der Waals surface area contributed by atoms with Crippen molar-refractivity contribution < 1.29 is 0 Å². The van der Waals surface area contributed by atoms with Crippen LogP contribution in [-0.4, -0.2) is 20.9 Å². The number of hydrogen-bond donors (Lipinski definition) is 0. The van der Waals surface area contributed by atoms with Crippen LogP contribution in [0.15, 0.2) is 41.2 Å². The fourth-order valence-electron chi connectivity index (χ4n) is 1.38. The van der Waals surface area contributed by atoms with Crippen molar-refractivity contribution in [1.29, 1.82) is 0 Å². The molecule has 0 saturated heterocycles. The molecule has 4 nitrogen and oxygen atoms in total. The number of rotatable bonds is 3. The third-order valence-corrected chi connectivity index (χ3v) is 2.57. The Morgan fingerprint density at radius 1 is 1.44 bits per heavy atom. The Morgan fingerprint density at radius 2 is 2.19 bits per heavy atom. The molecule has 0 N–H and O–H groups in total. The smallest absolute Gasteiger partial charge is 0.267 e. The van der Waals surface area contributed by atoms with Gasteiger partial charge in [0.05, 0.1) is 11.9 Å². The molecule has 2 aromatic rings. The van der Waals surface area contributed by atoms with Gasteiger partial charge in [0.15, 0.2) is 0 Å². The summed E-state index contributed by atoms with van der Waals surface area (Å²) in [4.78, 5) is 12.0. The van der Waals surface area contributed by atoms with E-state index in [2.05, 4.69) is 16.9 Å². The van der Waals surface area contributed by atoms with E-state index in [1.165, 1.54) is 4.68 Å². The maximum absolute atomic E-state index is 12.0. The highest BCUT2D eigenvalue weighted by molar-refractivity contribution is 6.19. The van der Waals surface area contributed by atoms with Gasteiger partial charge in [0.2, 0.25) is 0 Å². The number of fused-ring (bicyclic) bond motifs is 1. The van der Waals surface area contributed by atoms with Crippen LogP contribution in [0, 0.1) is 0 Å². The summed E-state index contributed by atoms with van der Waals surface area (Å²) >= 11 is 5.61. The Morgan fingerprint density at radius 3 is 2.94 bits per heavy atom. The first-order chi connectivity index (χ1) is 7.72. The molecule has 0 aliphatic heterocycles. The minimum atomic E-state index is -0.170. The van der Waals surface area contributed by atoms with Crippen LogP contribution < -0.4 is 5.56 Å². The van der Waals surface area contributed by atoms with Crippen molar-refractivity contribution in [2.24, 2.45) is 0 Å². The molecule has 0 amide bonds. The molecule has 0 unspecified atom stereocenters. The second-order valence-electron chi connectivity index (χ2n) is 3.45. The number of halogens is 1. The van der Waals surface area contributed by atoms with E-state index in [0.717, 1.165) is 5.57 Å². The van der Waals surface area contributed by atoms with Gasteiger partial charge in [-0.05, 0) is 17.7 Å². The monoisotopic (exact) mass is 235 g/mol. The summed E-state index contributed by atoms with van der Waals surface area (Å²) in [6.45, 7) is 4.04. The van der Waals surface area contributed by atoms with Crippen molar-refractivity contribution in [3.05, 3.63) is 46.8 Å². The van der Waals surface area contributed by atoms with E-state index in [1.807, 2.05) is 6.07 Å². The van der Waals surface area contributed by atoms with Gasteiger partial charge in [-0.2, -0.15) is 0 Å². The van der Waals surface area contributed by atoms with E-state index in [4.69, 9.17) is 11.6 Å². The van der Waals surface area contributed by atoms with Crippen molar-refractivity contribution in [3.63, 3.8) is 0 Å². The highest BCUT2D eigenvalue weighted by Gasteiger charge is 2.05. The maximum atomic E-state index is 12.0. The zero-order chi connectivity index (χ0) is 11.5. The van der Waals surface area contributed by atoms with Crippen LogP contribution in [0.1, 0.15) is 0 Å². The van der Waals surface area contributed by atoms with Crippen molar-refractivity contribution in [1.82, 2.24) is 15.0 Å². The van der Waals surface area contributed by atoms with Crippen LogP contribution >= 0.6 is 11.6 Å². The van der Waals surface area contributed by atoms with Gasteiger partial charge >= 0.3 is 0 Å². The summed E-state index contributed by atoms with van der Waals surface area (Å²) in [7, 11) is 0. The molecule has 0 fully saturated rings. The maximum Gasteiger partial charge on any atom is 0.277 e. The van der Waals surface area contributed by atoms with Gasteiger partial charge in [0.25, 0.3) is 5.56 Å². The van der Waals surface area contributed by atoms with Gasteiger partial charge in [0.1, 0.15) is 5.52 Å². The largest absolute Gasteiger partial charge is 0.277 e. The first-order valence-electron chi connectivity index (χ1n) is 4.77. The van der Waals surface area contributed by atoms with Crippen LogP contribution in [0.2, 0.25) is 0 Å². The summed E-state index contributed by atoms with van der Waals surface area (Å²) < 4.78 is 1.27. The Hall–Kier alpha value is -1.68. The normalized spacial score (nSPS) is 10.6. The average Bonchev–Trinajstić information content (AvgIpc) is 2.33. The van der Waals surface area contributed by atoms with Gasteiger partial charge in [-0.3, -0.25) is 4.79 Å². The quantitative estimate of drug-likeness (QED) is 0.600. The van der Waals surface area contributed by atoms with Gasteiger partial charge in [-0.1, -0.05) is 23.9 Å². The number of hydrogen-bond acceptors (Lipinski definition) is 3. The lowest BCUT2D eigenvalue weighted by Crippen LogP contribution is -2.25. The second kappa shape index (κ2) is 4.45. The minimum absolute atomic E-state index is 0.170. The molecule has 0 radical (unpaired) electrons. The van der Waals surface area contributed by atoms with Crippen LogP contribution in [-0.2, 0) is 6.54 Å². The lowest BCUT2D eigenvalue weighted by molar-refractivity contribution is 0.596. The van der Waals surface area contributed by atoms with E-state index in [9.17, 15) is 4.79 Å². The molecule has 1 heterocycles. The van der Waals surface area contributed by atoms with Crippen LogP contribution in [0.5, 0.6) is 0 Å². The molecule has 0 aliphatic carbocycles. The van der Waals surface area contributed by atoms with Crippen molar-refractivity contribution in [2.45, 2.75) is 6.54 Å². The summed E-state index contributed by atoms with van der Waals surface area (Å²) in [5, 5.41) is 8.34.